The van der Waals surface area contributed by atoms with Gasteiger partial charge in [-0.25, -0.2) is 18.7 Å². The maximum Gasteiger partial charge on any atom is 0.270 e. The quantitative estimate of drug-likeness (QED) is 0.635. The van der Waals surface area contributed by atoms with Crippen LogP contribution in [0.2, 0.25) is 0 Å². The number of aryl methyl sites for hydroxylation is 2. The molecule has 0 fully saturated rings. The molecule has 1 aliphatic rings. The molecule has 0 radical (unpaired) electrons. The summed E-state index contributed by atoms with van der Waals surface area (Å²) in [4.78, 5) is 40.8. The minimum absolute atomic E-state index is 0.00606. The average molecular weight is 439 g/mol. The molecule has 3 heterocycles. The van der Waals surface area contributed by atoms with Crippen molar-refractivity contribution >= 4 is 11.6 Å². The highest BCUT2D eigenvalue weighted by atomic mass is 19.2. The van der Waals surface area contributed by atoms with Crippen LogP contribution in [0.15, 0.2) is 46.5 Å². The lowest BCUT2D eigenvalue weighted by Crippen LogP contribution is -2.25. The molecule has 2 N–H and O–H groups in total. The lowest BCUT2D eigenvalue weighted by atomic mass is 10.0. The topological polar surface area (TPSA) is 109 Å². The maximum atomic E-state index is 13.4. The number of H-pyrrole nitrogens is 1. The molecular formula is C22H19F2N5O3. The number of rotatable bonds is 5. The second-order valence-electron chi connectivity index (χ2n) is 7.40. The summed E-state index contributed by atoms with van der Waals surface area (Å²) in [6, 6.07) is 6.65. The number of hydrogen-bond donors (Lipinski definition) is 2. The first-order chi connectivity index (χ1) is 15.3. The van der Waals surface area contributed by atoms with Gasteiger partial charge in [-0.1, -0.05) is 11.2 Å². The van der Waals surface area contributed by atoms with E-state index < -0.39 is 17.5 Å². The Morgan fingerprint density at radius 3 is 2.75 bits per heavy atom. The average Bonchev–Trinajstić information content (AvgIpc) is 3.26. The molecule has 1 amide bonds. The van der Waals surface area contributed by atoms with Crippen molar-refractivity contribution in [2.24, 2.45) is 5.16 Å². The standard InChI is InChI=1S/C22H19F2N5O3/c1-11-5-14(10-26-21(11)30)20-8-18(29-32-20)17-7-19(28-12(2)27-17)22(31)25-9-13-3-4-15(23)16(24)6-13/h3-7,10,20H,8-9H2,1-2H3,(H,25,31)(H,26,30)/t20-/m1/s1. The maximum absolute atomic E-state index is 13.4. The van der Waals surface area contributed by atoms with Gasteiger partial charge in [0.15, 0.2) is 17.7 Å². The van der Waals surface area contributed by atoms with Gasteiger partial charge in [0.25, 0.3) is 11.5 Å². The Balaban J connectivity index is 1.47. The van der Waals surface area contributed by atoms with Gasteiger partial charge in [0.2, 0.25) is 0 Å². The van der Waals surface area contributed by atoms with Crippen molar-refractivity contribution in [1.29, 1.82) is 0 Å². The summed E-state index contributed by atoms with van der Waals surface area (Å²) < 4.78 is 26.4. The molecule has 1 aromatic carbocycles. The van der Waals surface area contributed by atoms with Crippen LogP contribution in [0, 0.1) is 25.5 Å². The van der Waals surface area contributed by atoms with Gasteiger partial charge in [0.05, 0.1) is 5.69 Å². The Morgan fingerprint density at radius 2 is 2.00 bits per heavy atom. The fourth-order valence-corrected chi connectivity index (χ4v) is 3.27. The number of nitrogens with zero attached hydrogens (tertiary/aromatic N) is 3. The zero-order chi connectivity index (χ0) is 22.8. The van der Waals surface area contributed by atoms with Crippen molar-refractivity contribution in [3.63, 3.8) is 0 Å². The van der Waals surface area contributed by atoms with E-state index in [-0.39, 0.29) is 23.9 Å². The third-order valence-electron chi connectivity index (χ3n) is 4.96. The molecule has 4 rings (SSSR count). The number of aromatic nitrogens is 3. The van der Waals surface area contributed by atoms with Gasteiger partial charge in [0.1, 0.15) is 17.2 Å². The number of carbonyl (C=O) groups excluding carboxylic acids is 1. The van der Waals surface area contributed by atoms with E-state index in [9.17, 15) is 18.4 Å². The van der Waals surface area contributed by atoms with E-state index >= 15 is 0 Å². The van der Waals surface area contributed by atoms with Crippen LogP contribution in [-0.4, -0.2) is 26.6 Å². The van der Waals surface area contributed by atoms with Gasteiger partial charge in [-0.05, 0) is 43.7 Å². The lowest BCUT2D eigenvalue weighted by molar-refractivity contribution is 0.0854. The van der Waals surface area contributed by atoms with Crippen molar-refractivity contribution in [1.82, 2.24) is 20.3 Å². The van der Waals surface area contributed by atoms with E-state index in [4.69, 9.17) is 4.84 Å². The summed E-state index contributed by atoms with van der Waals surface area (Å²) in [5.41, 5.74) is 2.68. The number of carbonyl (C=O) groups is 1. The summed E-state index contributed by atoms with van der Waals surface area (Å²) in [6.45, 7) is 3.36. The van der Waals surface area contributed by atoms with E-state index in [0.717, 1.165) is 17.7 Å². The third kappa shape index (κ3) is 4.53. The number of halogens is 2. The molecule has 2 aromatic heterocycles. The van der Waals surface area contributed by atoms with Crippen LogP contribution in [0.1, 0.15) is 51.2 Å². The molecule has 32 heavy (non-hydrogen) atoms. The summed E-state index contributed by atoms with van der Waals surface area (Å²) in [6.07, 6.45) is 1.60. The van der Waals surface area contributed by atoms with E-state index in [2.05, 4.69) is 25.4 Å². The number of nitrogens with one attached hydrogen (secondary N) is 2. The van der Waals surface area contributed by atoms with Crippen LogP contribution in [0.4, 0.5) is 8.78 Å². The minimum Gasteiger partial charge on any atom is -0.387 e. The van der Waals surface area contributed by atoms with Crippen LogP contribution in [-0.2, 0) is 11.4 Å². The molecule has 0 bridgehead atoms. The highest BCUT2D eigenvalue weighted by molar-refractivity contribution is 6.02. The summed E-state index contributed by atoms with van der Waals surface area (Å²) >= 11 is 0. The van der Waals surface area contributed by atoms with E-state index in [1.54, 1.807) is 26.1 Å². The molecule has 3 aromatic rings. The molecule has 0 saturated carbocycles. The Morgan fingerprint density at radius 1 is 1.19 bits per heavy atom. The molecule has 0 spiro atoms. The number of oxime groups is 1. The lowest BCUT2D eigenvalue weighted by Gasteiger charge is -2.09. The van der Waals surface area contributed by atoms with Crippen LogP contribution in [0.5, 0.6) is 0 Å². The van der Waals surface area contributed by atoms with Crippen LogP contribution in [0.3, 0.4) is 0 Å². The Hall–Kier alpha value is -3.95. The first-order valence-electron chi connectivity index (χ1n) is 9.80. The number of amides is 1. The van der Waals surface area contributed by atoms with Crippen LogP contribution in [0.25, 0.3) is 0 Å². The van der Waals surface area contributed by atoms with E-state index in [1.807, 2.05) is 0 Å². The Labute approximate surface area is 181 Å². The number of pyridine rings is 1. The normalized spacial score (nSPS) is 15.2. The highest BCUT2D eigenvalue weighted by Gasteiger charge is 2.26. The fraction of sp³-hybridized carbons (Fsp3) is 0.227. The molecule has 1 aliphatic heterocycles. The third-order valence-corrected chi connectivity index (χ3v) is 4.96. The predicted molar refractivity (Wildman–Crippen MR) is 111 cm³/mol. The minimum atomic E-state index is -0.983. The van der Waals surface area contributed by atoms with Crippen molar-refractivity contribution in [2.45, 2.75) is 32.9 Å². The summed E-state index contributed by atoms with van der Waals surface area (Å²) in [7, 11) is 0. The van der Waals surface area contributed by atoms with Gasteiger partial charge in [-0.2, -0.15) is 0 Å². The predicted octanol–water partition coefficient (Wildman–Crippen LogP) is 2.86. The first kappa shape index (κ1) is 21.3. The SMILES string of the molecule is Cc1nc(C(=O)NCc2ccc(F)c(F)c2)cc(C2=NO[C@@H](c3c[nH]c(=O)c(C)c3)C2)n1. The molecule has 8 nitrogen and oxygen atoms in total. The van der Waals surface area contributed by atoms with Crippen molar-refractivity contribution in [2.75, 3.05) is 0 Å². The summed E-state index contributed by atoms with van der Waals surface area (Å²) in [5, 5.41) is 6.72. The molecule has 0 aliphatic carbocycles. The monoisotopic (exact) mass is 439 g/mol. The number of hydrogen-bond acceptors (Lipinski definition) is 6. The van der Waals surface area contributed by atoms with Gasteiger partial charge in [-0.15, -0.1) is 0 Å². The van der Waals surface area contributed by atoms with Crippen molar-refractivity contribution in [3.8, 4) is 0 Å². The molecule has 10 heteroatoms. The zero-order valence-corrected chi connectivity index (χ0v) is 17.3. The van der Waals surface area contributed by atoms with Crippen molar-refractivity contribution in [3.05, 3.63) is 92.4 Å². The van der Waals surface area contributed by atoms with Gasteiger partial charge < -0.3 is 15.1 Å². The van der Waals surface area contributed by atoms with Crippen molar-refractivity contribution < 1.29 is 18.4 Å². The number of aromatic amines is 1. The second kappa shape index (κ2) is 8.66. The van der Waals surface area contributed by atoms with Crippen LogP contribution < -0.4 is 10.9 Å². The molecule has 0 saturated heterocycles. The smallest absolute Gasteiger partial charge is 0.270 e. The first-order valence-corrected chi connectivity index (χ1v) is 9.80. The highest BCUT2D eigenvalue weighted by Crippen LogP contribution is 2.28. The Kier molecular flexibility index (Phi) is 5.76. The fourth-order valence-electron chi connectivity index (χ4n) is 3.27. The summed E-state index contributed by atoms with van der Waals surface area (Å²) in [5.74, 6) is -2.06. The molecule has 1 atom stereocenters. The van der Waals surface area contributed by atoms with Crippen LogP contribution >= 0.6 is 0 Å². The van der Waals surface area contributed by atoms with Gasteiger partial charge in [-0.3, -0.25) is 9.59 Å². The molecule has 0 unspecified atom stereocenters. The molecular weight excluding hydrogens is 420 g/mol. The van der Waals surface area contributed by atoms with Gasteiger partial charge >= 0.3 is 0 Å². The van der Waals surface area contributed by atoms with E-state index in [1.165, 1.54) is 12.1 Å². The van der Waals surface area contributed by atoms with E-state index in [0.29, 0.717) is 34.8 Å². The second-order valence-corrected chi connectivity index (χ2v) is 7.40. The Bertz CT molecular complexity index is 1290. The zero-order valence-electron chi connectivity index (χ0n) is 17.3. The molecule has 164 valence electrons. The number of benzene rings is 1. The largest absolute Gasteiger partial charge is 0.387 e. The van der Waals surface area contributed by atoms with Gasteiger partial charge in [0, 0.05) is 30.3 Å².